The zero-order valence-electron chi connectivity index (χ0n) is 17.5. The molecule has 2 aliphatic rings. The van der Waals surface area contributed by atoms with Gasteiger partial charge in [0.15, 0.2) is 23.0 Å². The molecule has 3 aromatic rings. The van der Waals surface area contributed by atoms with Crippen molar-refractivity contribution >= 4 is 5.91 Å². The number of halogens is 2. The molecule has 1 amide bonds. The molecule has 2 aromatic carbocycles. The van der Waals surface area contributed by atoms with Crippen molar-refractivity contribution in [2.75, 3.05) is 24.8 Å². The third kappa shape index (κ3) is 4.72. The SMILES string of the molecule is Fc1ccccc1.O=C1c2c(O)c(=O)ccn2N2Cc3cccc(F)c3OC/C=C\CN1C2. The molecule has 0 saturated heterocycles. The molecule has 0 fully saturated rings. The molecule has 33 heavy (non-hydrogen) atoms. The maximum Gasteiger partial charge on any atom is 0.278 e. The van der Waals surface area contributed by atoms with Crippen molar-refractivity contribution in [2.45, 2.75) is 6.54 Å². The summed E-state index contributed by atoms with van der Waals surface area (Å²) in [6.45, 7) is 0.896. The molecule has 1 aromatic heterocycles. The van der Waals surface area contributed by atoms with Crippen molar-refractivity contribution < 1.29 is 23.4 Å². The molecule has 2 aliphatic heterocycles. The Hall–Kier alpha value is -4.14. The van der Waals surface area contributed by atoms with Crippen molar-refractivity contribution in [1.29, 1.82) is 0 Å². The van der Waals surface area contributed by atoms with Crippen molar-refractivity contribution in [2.24, 2.45) is 0 Å². The Bertz CT molecular complexity index is 1240. The second-order valence-electron chi connectivity index (χ2n) is 7.36. The summed E-state index contributed by atoms with van der Waals surface area (Å²) in [5.41, 5.74) is -0.130. The number of aromatic nitrogens is 1. The Morgan fingerprint density at radius 3 is 2.45 bits per heavy atom. The molecule has 0 radical (unpaired) electrons. The fraction of sp³-hybridized carbons (Fsp3) is 0.167. The van der Waals surface area contributed by atoms with Gasteiger partial charge in [-0.05, 0) is 24.3 Å². The monoisotopic (exact) mass is 453 g/mol. The number of carbonyl (C=O) groups excluding carboxylic acids is 1. The Morgan fingerprint density at radius 1 is 0.939 bits per heavy atom. The van der Waals surface area contributed by atoms with Crippen LogP contribution in [0.1, 0.15) is 16.1 Å². The van der Waals surface area contributed by atoms with Gasteiger partial charge in [-0.2, -0.15) is 0 Å². The molecule has 7 nitrogen and oxygen atoms in total. The molecule has 3 heterocycles. The van der Waals surface area contributed by atoms with Gasteiger partial charge >= 0.3 is 0 Å². The van der Waals surface area contributed by atoms with E-state index in [1.807, 2.05) is 0 Å². The fourth-order valence-corrected chi connectivity index (χ4v) is 3.55. The van der Waals surface area contributed by atoms with Crippen LogP contribution in [0, 0.1) is 11.6 Å². The highest BCUT2D eigenvalue weighted by Gasteiger charge is 2.32. The minimum Gasteiger partial charge on any atom is -0.502 e. The van der Waals surface area contributed by atoms with Crippen LogP contribution in [0.4, 0.5) is 8.78 Å². The van der Waals surface area contributed by atoms with E-state index < -0.39 is 22.9 Å². The highest BCUT2D eigenvalue weighted by atomic mass is 19.1. The first-order valence-electron chi connectivity index (χ1n) is 10.2. The van der Waals surface area contributed by atoms with E-state index in [9.17, 15) is 23.5 Å². The van der Waals surface area contributed by atoms with E-state index in [2.05, 4.69) is 0 Å². The van der Waals surface area contributed by atoms with E-state index in [4.69, 9.17) is 4.74 Å². The lowest BCUT2D eigenvalue weighted by Gasteiger charge is -2.39. The number of hydrogen-bond acceptors (Lipinski definition) is 5. The molecular formula is C24H21F2N3O4. The van der Waals surface area contributed by atoms with Crippen molar-refractivity contribution in [3.63, 3.8) is 0 Å². The van der Waals surface area contributed by atoms with E-state index >= 15 is 0 Å². The third-order valence-electron chi connectivity index (χ3n) is 5.13. The number of rotatable bonds is 0. The fourth-order valence-electron chi connectivity index (χ4n) is 3.55. The molecular weight excluding hydrogens is 432 g/mol. The number of nitrogens with zero attached hydrogens (tertiary/aromatic N) is 3. The molecule has 2 bridgehead atoms. The highest BCUT2D eigenvalue weighted by molar-refractivity contribution is 5.96. The Labute approximate surface area is 188 Å². The number of aromatic hydroxyl groups is 1. The number of para-hydroxylation sites is 1. The van der Waals surface area contributed by atoms with Crippen LogP contribution in [0.2, 0.25) is 0 Å². The highest BCUT2D eigenvalue weighted by Crippen LogP contribution is 2.27. The maximum absolute atomic E-state index is 14.2. The van der Waals surface area contributed by atoms with E-state index in [1.165, 1.54) is 40.0 Å². The molecule has 0 atom stereocenters. The summed E-state index contributed by atoms with van der Waals surface area (Å²) in [6.07, 6.45) is 4.86. The van der Waals surface area contributed by atoms with Gasteiger partial charge in [0.1, 0.15) is 19.1 Å². The molecule has 170 valence electrons. The Balaban J connectivity index is 0.000000318. The van der Waals surface area contributed by atoms with Crippen LogP contribution in [-0.4, -0.2) is 40.4 Å². The van der Waals surface area contributed by atoms with Crippen LogP contribution in [0.25, 0.3) is 0 Å². The number of carbonyl (C=O) groups is 1. The van der Waals surface area contributed by atoms with Crippen LogP contribution < -0.4 is 15.2 Å². The average Bonchev–Trinajstić information content (AvgIpc) is 2.84. The van der Waals surface area contributed by atoms with Gasteiger partial charge < -0.3 is 14.7 Å². The predicted octanol–water partition coefficient (Wildman–Crippen LogP) is 3.02. The standard InChI is InChI=1S/C18H16FN3O4.C6H5F/c19-13-5-3-4-12-10-21-11-20(7-1-2-9-26-17(12)13)18(25)15-16(24)14(23)6-8-22(15)21;7-6-4-2-1-3-5-6/h1-6,8,24H,7,9-11H2;1-5H/b2-1-;. The molecule has 0 unspecified atom stereocenters. The zero-order valence-corrected chi connectivity index (χ0v) is 17.5. The molecule has 1 N–H and O–H groups in total. The van der Waals surface area contributed by atoms with Gasteiger partial charge in [0, 0.05) is 24.4 Å². The number of pyridine rings is 1. The molecule has 0 spiro atoms. The largest absolute Gasteiger partial charge is 0.502 e. The van der Waals surface area contributed by atoms with Gasteiger partial charge in [0.2, 0.25) is 5.43 Å². The van der Waals surface area contributed by atoms with Crippen molar-refractivity contribution in [1.82, 2.24) is 9.58 Å². The first-order chi connectivity index (χ1) is 16.0. The summed E-state index contributed by atoms with van der Waals surface area (Å²) in [4.78, 5) is 26.0. The summed E-state index contributed by atoms with van der Waals surface area (Å²) in [5, 5.41) is 11.9. The van der Waals surface area contributed by atoms with Gasteiger partial charge in [0.05, 0.1) is 6.54 Å². The lowest BCUT2D eigenvalue weighted by Crippen LogP contribution is -2.53. The zero-order chi connectivity index (χ0) is 23.4. The van der Waals surface area contributed by atoms with Gasteiger partial charge in [-0.1, -0.05) is 36.4 Å². The summed E-state index contributed by atoms with van der Waals surface area (Å²) in [7, 11) is 0. The Morgan fingerprint density at radius 2 is 1.73 bits per heavy atom. The van der Waals surface area contributed by atoms with Crippen LogP contribution in [-0.2, 0) is 6.54 Å². The summed E-state index contributed by atoms with van der Waals surface area (Å²) in [5.74, 6) is -1.54. The van der Waals surface area contributed by atoms with Gasteiger partial charge in [0.25, 0.3) is 5.91 Å². The average molecular weight is 453 g/mol. The predicted molar refractivity (Wildman–Crippen MR) is 118 cm³/mol. The van der Waals surface area contributed by atoms with Crippen molar-refractivity contribution in [3.8, 4) is 11.5 Å². The first kappa shape index (κ1) is 22.1. The number of ether oxygens (including phenoxy) is 1. The van der Waals surface area contributed by atoms with Crippen molar-refractivity contribution in [3.05, 3.63) is 106 Å². The Kier molecular flexibility index (Phi) is 6.39. The number of amides is 1. The third-order valence-corrected chi connectivity index (χ3v) is 5.13. The normalized spacial score (nSPS) is 15.8. The number of benzene rings is 2. The summed E-state index contributed by atoms with van der Waals surface area (Å²) in [6, 6.07) is 13.8. The molecule has 0 aliphatic carbocycles. The smallest absolute Gasteiger partial charge is 0.278 e. The van der Waals surface area contributed by atoms with Crippen LogP contribution in [0.5, 0.6) is 11.5 Å². The van der Waals surface area contributed by atoms with E-state index in [0.717, 1.165) is 0 Å². The van der Waals surface area contributed by atoms with E-state index in [0.29, 0.717) is 5.56 Å². The number of hydrogen-bond donors (Lipinski definition) is 1. The summed E-state index contributed by atoms with van der Waals surface area (Å²) >= 11 is 0. The van der Waals surface area contributed by atoms with Crippen LogP contribution in [0.15, 0.2) is 77.7 Å². The molecule has 0 saturated carbocycles. The minimum absolute atomic E-state index is 0.102. The van der Waals surface area contributed by atoms with Gasteiger partial charge in [-0.25, -0.2) is 8.78 Å². The second kappa shape index (κ2) is 9.56. The first-order valence-corrected chi connectivity index (χ1v) is 10.2. The second-order valence-corrected chi connectivity index (χ2v) is 7.36. The van der Waals surface area contributed by atoms with Crippen LogP contribution in [0.3, 0.4) is 0 Å². The van der Waals surface area contributed by atoms with E-state index in [1.54, 1.807) is 47.5 Å². The molecule has 5 rings (SSSR count). The quantitative estimate of drug-likeness (QED) is 0.530. The number of fused-ring (bicyclic) bond motifs is 5. The molecule has 9 heteroatoms. The maximum atomic E-state index is 14.2. The minimum atomic E-state index is -0.624. The van der Waals surface area contributed by atoms with Crippen LogP contribution >= 0.6 is 0 Å². The summed E-state index contributed by atoms with van der Waals surface area (Å²) < 4.78 is 33.1. The van der Waals surface area contributed by atoms with Gasteiger partial charge in [-0.3, -0.25) is 19.3 Å². The van der Waals surface area contributed by atoms with E-state index in [-0.39, 0.29) is 43.6 Å². The lowest BCUT2D eigenvalue weighted by molar-refractivity contribution is 0.0706. The topological polar surface area (TPSA) is 75.0 Å². The lowest BCUT2D eigenvalue weighted by atomic mass is 10.2. The van der Waals surface area contributed by atoms with Gasteiger partial charge in [-0.15, -0.1) is 0 Å².